The lowest BCUT2D eigenvalue weighted by atomic mass is 9.85. The van der Waals surface area contributed by atoms with Gasteiger partial charge in [0.2, 0.25) is 0 Å². The van der Waals surface area contributed by atoms with Crippen LogP contribution in [0.4, 0.5) is 12.9 Å². The molecule has 0 aromatic carbocycles. The van der Waals surface area contributed by atoms with Crippen molar-refractivity contribution in [2.24, 2.45) is 5.41 Å². The Balaban J connectivity index is 1.88. The molecular formula is C9H16BF3N-. The topological polar surface area (TPSA) is 3.24 Å². The van der Waals surface area contributed by atoms with Gasteiger partial charge in [-0.25, -0.2) is 0 Å². The van der Waals surface area contributed by atoms with Crippen molar-refractivity contribution in [3.05, 3.63) is 0 Å². The largest absolute Gasteiger partial charge is 0.492 e. The van der Waals surface area contributed by atoms with E-state index in [0.29, 0.717) is 13.1 Å². The third kappa shape index (κ3) is 2.24. The first-order valence-corrected chi connectivity index (χ1v) is 5.43. The molecule has 2 fully saturated rings. The molecule has 0 amide bonds. The Kier molecular flexibility index (Phi) is 2.54. The van der Waals surface area contributed by atoms with Crippen molar-refractivity contribution in [2.75, 3.05) is 19.5 Å². The number of rotatable bonds is 2. The molecule has 0 atom stereocenters. The Morgan fingerprint density at radius 1 is 1.07 bits per heavy atom. The van der Waals surface area contributed by atoms with Crippen LogP contribution in [0, 0.1) is 5.41 Å². The van der Waals surface area contributed by atoms with Crippen molar-refractivity contribution in [1.29, 1.82) is 0 Å². The van der Waals surface area contributed by atoms with E-state index in [1.807, 2.05) is 0 Å². The summed E-state index contributed by atoms with van der Waals surface area (Å²) in [5, 5.41) is 0. The molecule has 2 rings (SSSR count). The molecular weight excluding hydrogens is 190 g/mol. The molecule has 0 N–H and O–H groups in total. The van der Waals surface area contributed by atoms with E-state index in [4.69, 9.17) is 0 Å². The molecule has 1 spiro atoms. The zero-order valence-corrected chi connectivity index (χ0v) is 8.32. The smallest absolute Gasteiger partial charge is 0.448 e. The van der Waals surface area contributed by atoms with Gasteiger partial charge in [0, 0.05) is 6.54 Å². The third-order valence-electron chi connectivity index (χ3n) is 3.65. The summed E-state index contributed by atoms with van der Waals surface area (Å²) < 4.78 is 36.6. The molecule has 0 bridgehead atoms. The average Bonchev–Trinajstić information content (AvgIpc) is 2.60. The van der Waals surface area contributed by atoms with Crippen LogP contribution in [0.5, 0.6) is 0 Å². The minimum atomic E-state index is -4.63. The quantitative estimate of drug-likeness (QED) is 0.627. The molecule has 1 aliphatic carbocycles. The summed E-state index contributed by atoms with van der Waals surface area (Å²) in [4.78, 5) is 1.60. The van der Waals surface area contributed by atoms with E-state index >= 15 is 0 Å². The fraction of sp³-hybridized carbons (Fsp3) is 1.00. The van der Waals surface area contributed by atoms with Crippen LogP contribution in [0.15, 0.2) is 0 Å². The molecule has 1 aliphatic heterocycles. The highest BCUT2D eigenvalue weighted by Gasteiger charge is 2.41. The second-order valence-electron chi connectivity index (χ2n) is 4.90. The zero-order chi connectivity index (χ0) is 10.2. The molecule has 82 valence electrons. The molecule has 0 aromatic heterocycles. The van der Waals surface area contributed by atoms with Gasteiger partial charge in [0.15, 0.2) is 0 Å². The van der Waals surface area contributed by atoms with Crippen LogP contribution in [0.1, 0.15) is 32.1 Å². The van der Waals surface area contributed by atoms with Crippen molar-refractivity contribution in [3.63, 3.8) is 0 Å². The zero-order valence-electron chi connectivity index (χ0n) is 8.32. The number of hydrogen-bond donors (Lipinski definition) is 0. The maximum atomic E-state index is 12.2. The maximum absolute atomic E-state index is 12.2. The Labute approximate surface area is 82.7 Å². The van der Waals surface area contributed by atoms with Crippen LogP contribution in [0.2, 0.25) is 0 Å². The molecule has 0 aromatic rings. The van der Waals surface area contributed by atoms with E-state index in [0.717, 1.165) is 19.3 Å². The van der Waals surface area contributed by atoms with Crippen LogP contribution < -0.4 is 0 Å². The Morgan fingerprint density at radius 2 is 1.71 bits per heavy atom. The minimum Gasteiger partial charge on any atom is -0.448 e. The van der Waals surface area contributed by atoms with Gasteiger partial charge in [0.25, 0.3) is 0 Å². The number of halogens is 3. The molecule has 5 heteroatoms. The predicted molar refractivity (Wildman–Crippen MR) is 51.0 cm³/mol. The van der Waals surface area contributed by atoms with E-state index in [1.54, 1.807) is 4.90 Å². The second kappa shape index (κ2) is 3.44. The van der Waals surface area contributed by atoms with Gasteiger partial charge < -0.3 is 17.8 Å². The van der Waals surface area contributed by atoms with Gasteiger partial charge in [-0.15, -0.1) is 0 Å². The average molecular weight is 206 g/mol. The number of hydrogen-bond acceptors (Lipinski definition) is 1. The molecule has 1 heterocycles. The Morgan fingerprint density at radius 3 is 2.29 bits per heavy atom. The normalized spacial score (nSPS) is 27.6. The molecule has 1 nitrogen and oxygen atoms in total. The van der Waals surface area contributed by atoms with Gasteiger partial charge in [-0.1, -0.05) is 12.8 Å². The highest BCUT2D eigenvalue weighted by Crippen LogP contribution is 2.45. The lowest BCUT2D eigenvalue weighted by molar-refractivity contribution is 0.265. The molecule has 0 radical (unpaired) electrons. The van der Waals surface area contributed by atoms with Gasteiger partial charge in [-0.3, -0.25) is 0 Å². The second-order valence-corrected chi connectivity index (χ2v) is 4.90. The number of likely N-dealkylation sites (tertiary alicyclic amines) is 1. The SMILES string of the molecule is F[B-](F)(F)CN1CCC2(CCCC2)C1. The van der Waals surface area contributed by atoms with Crippen LogP contribution >= 0.6 is 0 Å². The lowest BCUT2D eigenvalue weighted by Crippen LogP contribution is -2.37. The summed E-state index contributed by atoms with van der Waals surface area (Å²) in [6, 6.07) is 0. The van der Waals surface area contributed by atoms with E-state index in [9.17, 15) is 12.9 Å². The molecule has 1 saturated carbocycles. The summed E-state index contributed by atoms with van der Waals surface area (Å²) >= 11 is 0. The van der Waals surface area contributed by atoms with Gasteiger partial charge in [-0.05, 0) is 37.7 Å². The summed E-state index contributed by atoms with van der Waals surface area (Å²) in [6.45, 7) is -3.28. The van der Waals surface area contributed by atoms with Crippen molar-refractivity contribution in [3.8, 4) is 0 Å². The third-order valence-corrected chi connectivity index (χ3v) is 3.65. The first-order chi connectivity index (χ1) is 6.49. The fourth-order valence-corrected chi connectivity index (χ4v) is 3.01. The van der Waals surface area contributed by atoms with Crippen LogP contribution in [-0.2, 0) is 0 Å². The van der Waals surface area contributed by atoms with Crippen molar-refractivity contribution < 1.29 is 12.9 Å². The van der Waals surface area contributed by atoms with Crippen molar-refractivity contribution >= 4 is 6.98 Å². The van der Waals surface area contributed by atoms with E-state index < -0.39 is 13.4 Å². The van der Waals surface area contributed by atoms with Crippen LogP contribution in [0.25, 0.3) is 0 Å². The first kappa shape index (κ1) is 10.3. The summed E-state index contributed by atoms with van der Waals surface area (Å²) in [5.41, 5.74) is 0.265. The Bertz CT molecular complexity index is 211. The maximum Gasteiger partial charge on any atom is 0.492 e. The van der Waals surface area contributed by atoms with Gasteiger partial charge in [-0.2, -0.15) is 0 Å². The monoisotopic (exact) mass is 206 g/mol. The molecule has 0 unspecified atom stereocenters. The number of nitrogens with zero attached hydrogens (tertiary/aromatic N) is 1. The summed E-state index contributed by atoms with van der Waals surface area (Å²) in [5.74, 6) is 0. The summed E-state index contributed by atoms with van der Waals surface area (Å²) in [7, 11) is 0. The van der Waals surface area contributed by atoms with Gasteiger partial charge in [0.05, 0.1) is 0 Å². The van der Waals surface area contributed by atoms with Crippen molar-refractivity contribution in [2.45, 2.75) is 32.1 Å². The van der Waals surface area contributed by atoms with Crippen LogP contribution in [0.3, 0.4) is 0 Å². The molecule has 2 aliphatic rings. The van der Waals surface area contributed by atoms with Crippen molar-refractivity contribution in [1.82, 2.24) is 4.90 Å². The highest BCUT2D eigenvalue weighted by molar-refractivity contribution is 6.58. The van der Waals surface area contributed by atoms with E-state index in [1.165, 1.54) is 12.8 Å². The predicted octanol–water partition coefficient (Wildman–Crippen LogP) is 2.64. The highest BCUT2D eigenvalue weighted by atomic mass is 19.4. The summed E-state index contributed by atoms with van der Waals surface area (Å²) in [6.07, 6.45) is 5.06. The molecule has 1 saturated heterocycles. The standard InChI is InChI=1S/C9H16BF3N/c11-10(12,13)8-14-6-5-9(7-14)3-1-2-4-9/h1-8H2/q-1. The minimum absolute atomic E-state index is 0.265. The van der Waals surface area contributed by atoms with E-state index in [-0.39, 0.29) is 5.41 Å². The first-order valence-electron chi connectivity index (χ1n) is 5.43. The lowest BCUT2D eigenvalue weighted by Gasteiger charge is -2.26. The van der Waals surface area contributed by atoms with E-state index in [2.05, 4.69) is 0 Å². The Hall–Kier alpha value is -0.185. The fourth-order valence-electron chi connectivity index (χ4n) is 3.01. The van der Waals surface area contributed by atoms with Gasteiger partial charge in [0.1, 0.15) is 0 Å². The molecule has 14 heavy (non-hydrogen) atoms. The van der Waals surface area contributed by atoms with Gasteiger partial charge >= 0.3 is 6.98 Å². The van der Waals surface area contributed by atoms with Crippen LogP contribution in [-0.4, -0.2) is 31.4 Å².